The smallest absolute Gasteiger partial charge is 0.309 e. The van der Waals surface area contributed by atoms with Gasteiger partial charge in [0.1, 0.15) is 11.5 Å². The fourth-order valence-corrected chi connectivity index (χ4v) is 4.45. The van der Waals surface area contributed by atoms with Crippen LogP contribution in [0.1, 0.15) is 25.3 Å². The summed E-state index contributed by atoms with van der Waals surface area (Å²) in [6, 6.07) is 13.1. The molecule has 2 aliphatic rings. The molecule has 0 spiro atoms. The molecule has 0 N–H and O–H groups in total. The second kappa shape index (κ2) is 9.83. The summed E-state index contributed by atoms with van der Waals surface area (Å²) in [5.74, 6) is 0.438. The number of hydrogen-bond donors (Lipinski definition) is 0. The Hall–Kier alpha value is -2.71. The molecule has 0 radical (unpaired) electrons. The van der Waals surface area contributed by atoms with Crippen LogP contribution < -0.4 is 9.64 Å². The highest BCUT2D eigenvalue weighted by Crippen LogP contribution is 2.34. The van der Waals surface area contributed by atoms with Crippen LogP contribution in [0.2, 0.25) is 0 Å². The maximum atomic E-state index is 13.4. The van der Waals surface area contributed by atoms with Crippen molar-refractivity contribution in [1.82, 2.24) is 4.90 Å². The van der Waals surface area contributed by atoms with Gasteiger partial charge in [-0.25, -0.2) is 4.99 Å². The average molecular weight is 500 g/mol. The molecule has 4 rings (SSSR count). The topological polar surface area (TPSA) is 71.4 Å². The monoisotopic (exact) mass is 499 g/mol. The van der Waals surface area contributed by atoms with Gasteiger partial charge in [-0.3, -0.25) is 19.4 Å². The lowest BCUT2D eigenvalue weighted by atomic mass is 9.97. The number of esters is 1. The highest BCUT2D eigenvalue weighted by atomic mass is 79.9. The minimum Gasteiger partial charge on any atom is -0.497 e. The molecule has 2 aliphatic heterocycles. The van der Waals surface area contributed by atoms with Crippen LogP contribution in [-0.4, -0.2) is 56.0 Å². The van der Waals surface area contributed by atoms with Crippen LogP contribution in [0.4, 0.5) is 11.4 Å². The standard InChI is InChI=1S/C24H26BrN3O4/c1-3-32-24(30)16-10-12-27(13-11-16)15-28-21-9-4-17(25)14-20(21)22(23(28)29)26-18-5-7-19(31-2)8-6-18/h4-9,14,16H,3,10-13,15H2,1-2H3. The molecule has 2 aromatic carbocycles. The summed E-state index contributed by atoms with van der Waals surface area (Å²) >= 11 is 3.51. The summed E-state index contributed by atoms with van der Waals surface area (Å²) in [4.78, 5) is 34.0. The van der Waals surface area contributed by atoms with E-state index in [2.05, 4.69) is 25.8 Å². The molecule has 1 amide bonds. The molecule has 2 heterocycles. The van der Waals surface area contributed by atoms with E-state index in [9.17, 15) is 9.59 Å². The van der Waals surface area contributed by atoms with E-state index >= 15 is 0 Å². The number of rotatable bonds is 6. The van der Waals surface area contributed by atoms with Gasteiger partial charge in [0.05, 0.1) is 37.7 Å². The number of likely N-dealkylation sites (tertiary alicyclic amines) is 1. The van der Waals surface area contributed by atoms with Gasteiger partial charge in [-0.2, -0.15) is 0 Å². The first kappa shape index (κ1) is 22.5. The number of ether oxygens (including phenoxy) is 2. The van der Waals surface area contributed by atoms with E-state index < -0.39 is 0 Å². The van der Waals surface area contributed by atoms with E-state index in [1.165, 1.54) is 0 Å². The van der Waals surface area contributed by atoms with Gasteiger partial charge in [-0.05, 0) is 62.2 Å². The summed E-state index contributed by atoms with van der Waals surface area (Å²) in [5, 5.41) is 0. The fraction of sp³-hybridized carbons (Fsp3) is 0.375. The van der Waals surface area contributed by atoms with Gasteiger partial charge >= 0.3 is 5.97 Å². The maximum absolute atomic E-state index is 13.4. The highest BCUT2D eigenvalue weighted by molar-refractivity contribution is 9.10. The van der Waals surface area contributed by atoms with Gasteiger partial charge in [0.25, 0.3) is 5.91 Å². The lowest BCUT2D eigenvalue weighted by Crippen LogP contribution is -2.45. The number of carbonyl (C=O) groups excluding carboxylic acids is 2. The van der Waals surface area contributed by atoms with Gasteiger partial charge in [-0.15, -0.1) is 0 Å². The SMILES string of the molecule is CCOC(=O)C1CCN(CN2C(=O)C(=Nc3ccc(OC)cc3)c3cc(Br)ccc32)CC1. The van der Waals surface area contributed by atoms with Crippen molar-refractivity contribution in [2.24, 2.45) is 10.9 Å². The predicted octanol–water partition coefficient (Wildman–Crippen LogP) is 4.16. The van der Waals surface area contributed by atoms with Gasteiger partial charge in [0.2, 0.25) is 0 Å². The number of piperidine rings is 1. The summed E-state index contributed by atoms with van der Waals surface area (Å²) in [6.45, 7) is 4.18. The molecule has 1 fully saturated rings. The molecule has 0 saturated carbocycles. The lowest BCUT2D eigenvalue weighted by Gasteiger charge is -2.33. The van der Waals surface area contributed by atoms with Crippen molar-refractivity contribution in [2.75, 3.05) is 38.4 Å². The maximum Gasteiger partial charge on any atom is 0.309 e. The number of nitrogens with zero attached hydrogens (tertiary/aromatic N) is 3. The number of carbonyl (C=O) groups is 2. The van der Waals surface area contributed by atoms with Crippen LogP contribution in [0.5, 0.6) is 5.75 Å². The molecular formula is C24H26BrN3O4. The lowest BCUT2D eigenvalue weighted by molar-refractivity contribution is -0.149. The molecule has 2 aromatic rings. The van der Waals surface area contributed by atoms with E-state index in [0.29, 0.717) is 24.7 Å². The van der Waals surface area contributed by atoms with Crippen LogP contribution >= 0.6 is 15.9 Å². The summed E-state index contributed by atoms with van der Waals surface area (Å²) < 4.78 is 11.3. The van der Waals surface area contributed by atoms with Crippen molar-refractivity contribution in [1.29, 1.82) is 0 Å². The third kappa shape index (κ3) is 4.71. The summed E-state index contributed by atoms with van der Waals surface area (Å²) in [5.41, 5.74) is 2.77. The molecule has 7 nitrogen and oxygen atoms in total. The minimum absolute atomic E-state index is 0.0593. The summed E-state index contributed by atoms with van der Waals surface area (Å²) in [7, 11) is 1.61. The molecule has 0 aliphatic carbocycles. The fourth-order valence-electron chi connectivity index (χ4n) is 4.09. The number of aliphatic imine (C=N–C) groups is 1. The number of fused-ring (bicyclic) bond motifs is 1. The Morgan fingerprint density at radius 2 is 1.88 bits per heavy atom. The van der Waals surface area contributed by atoms with E-state index in [4.69, 9.17) is 9.47 Å². The Morgan fingerprint density at radius 3 is 2.53 bits per heavy atom. The van der Waals surface area contributed by atoms with Crippen molar-refractivity contribution >= 4 is 44.9 Å². The van der Waals surface area contributed by atoms with E-state index in [1.54, 1.807) is 12.0 Å². The summed E-state index contributed by atoms with van der Waals surface area (Å²) in [6.07, 6.45) is 1.47. The second-order valence-electron chi connectivity index (χ2n) is 7.84. The Morgan fingerprint density at radius 1 is 1.16 bits per heavy atom. The zero-order valence-electron chi connectivity index (χ0n) is 18.2. The molecular weight excluding hydrogens is 474 g/mol. The highest BCUT2D eigenvalue weighted by Gasteiger charge is 2.36. The van der Waals surface area contributed by atoms with E-state index in [1.807, 2.05) is 49.4 Å². The molecule has 8 heteroatoms. The van der Waals surface area contributed by atoms with Crippen LogP contribution in [-0.2, 0) is 14.3 Å². The van der Waals surface area contributed by atoms with Gasteiger partial charge in [0.15, 0.2) is 0 Å². The molecule has 0 bridgehead atoms. The number of methoxy groups -OCH3 is 1. The third-order valence-corrected chi connectivity index (χ3v) is 6.31. The first-order chi connectivity index (χ1) is 15.5. The molecule has 1 saturated heterocycles. The Balaban J connectivity index is 1.53. The van der Waals surface area contributed by atoms with Gasteiger partial charge < -0.3 is 9.47 Å². The molecule has 0 unspecified atom stereocenters. The molecule has 168 valence electrons. The van der Waals surface area contributed by atoms with Crippen molar-refractivity contribution in [3.8, 4) is 5.75 Å². The van der Waals surface area contributed by atoms with E-state index in [0.717, 1.165) is 47.4 Å². The normalized spacial score (nSPS) is 18.2. The van der Waals surface area contributed by atoms with Crippen LogP contribution in [0.15, 0.2) is 51.9 Å². The molecule has 0 atom stereocenters. The number of anilines is 1. The van der Waals surface area contributed by atoms with Gasteiger partial charge in [0, 0.05) is 23.1 Å². The number of halogens is 1. The third-order valence-electron chi connectivity index (χ3n) is 5.81. The largest absolute Gasteiger partial charge is 0.497 e. The average Bonchev–Trinajstić information content (AvgIpc) is 3.05. The zero-order valence-corrected chi connectivity index (χ0v) is 19.8. The predicted molar refractivity (Wildman–Crippen MR) is 127 cm³/mol. The first-order valence-corrected chi connectivity index (χ1v) is 11.5. The number of hydrogen-bond acceptors (Lipinski definition) is 6. The second-order valence-corrected chi connectivity index (χ2v) is 8.75. The molecule has 0 aromatic heterocycles. The number of amides is 1. The Kier molecular flexibility index (Phi) is 6.91. The Labute approximate surface area is 196 Å². The van der Waals surface area contributed by atoms with Crippen molar-refractivity contribution in [3.05, 3.63) is 52.5 Å². The number of benzene rings is 2. The van der Waals surface area contributed by atoms with Crippen molar-refractivity contribution in [3.63, 3.8) is 0 Å². The van der Waals surface area contributed by atoms with Crippen LogP contribution in [0.25, 0.3) is 0 Å². The quantitative estimate of drug-likeness (QED) is 0.558. The van der Waals surface area contributed by atoms with Crippen LogP contribution in [0, 0.1) is 5.92 Å². The Bertz CT molecular complexity index is 1030. The first-order valence-electron chi connectivity index (χ1n) is 10.7. The minimum atomic E-state index is -0.124. The van der Waals surface area contributed by atoms with Crippen molar-refractivity contribution < 1.29 is 19.1 Å². The molecule has 32 heavy (non-hydrogen) atoms. The van der Waals surface area contributed by atoms with E-state index in [-0.39, 0.29) is 17.8 Å². The zero-order chi connectivity index (χ0) is 22.7. The van der Waals surface area contributed by atoms with Gasteiger partial charge in [-0.1, -0.05) is 15.9 Å². The van der Waals surface area contributed by atoms with Crippen LogP contribution in [0.3, 0.4) is 0 Å². The van der Waals surface area contributed by atoms with Crippen molar-refractivity contribution in [2.45, 2.75) is 19.8 Å².